The number of anilines is 1. The van der Waals surface area contributed by atoms with E-state index < -0.39 is 0 Å². The van der Waals surface area contributed by atoms with Crippen molar-refractivity contribution >= 4 is 11.7 Å². The Bertz CT molecular complexity index is 398. The molecule has 1 aromatic heterocycles. The fourth-order valence-electron chi connectivity index (χ4n) is 1.55. The van der Waals surface area contributed by atoms with Crippen LogP contribution in [0, 0.1) is 0 Å². The van der Waals surface area contributed by atoms with Crippen LogP contribution in [-0.4, -0.2) is 54.6 Å². The highest BCUT2D eigenvalue weighted by atomic mass is 16.5. The van der Waals surface area contributed by atoms with Gasteiger partial charge in [0.25, 0.3) is 5.91 Å². The zero-order chi connectivity index (χ0) is 14.1. The van der Waals surface area contributed by atoms with Crippen molar-refractivity contribution in [3.05, 3.63) is 18.1 Å². The summed E-state index contributed by atoms with van der Waals surface area (Å²) >= 11 is 0. The third kappa shape index (κ3) is 5.21. The number of amides is 1. The van der Waals surface area contributed by atoms with Crippen molar-refractivity contribution in [1.29, 1.82) is 0 Å². The second-order valence-corrected chi connectivity index (χ2v) is 4.29. The van der Waals surface area contributed by atoms with E-state index in [1.54, 1.807) is 25.3 Å². The van der Waals surface area contributed by atoms with Crippen LogP contribution >= 0.6 is 0 Å². The van der Waals surface area contributed by atoms with Gasteiger partial charge in [-0.3, -0.25) is 9.78 Å². The van der Waals surface area contributed by atoms with Crippen LogP contribution < -0.4 is 5.32 Å². The molecule has 0 aliphatic rings. The van der Waals surface area contributed by atoms with Crippen LogP contribution in [0.2, 0.25) is 0 Å². The summed E-state index contributed by atoms with van der Waals surface area (Å²) in [6, 6.07) is 0. The van der Waals surface area contributed by atoms with Gasteiger partial charge < -0.3 is 15.0 Å². The molecule has 0 aromatic carbocycles. The third-order valence-corrected chi connectivity index (χ3v) is 2.60. The zero-order valence-electron chi connectivity index (χ0n) is 11.8. The van der Waals surface area contributed by atoms with Gasteiger partial charge in [-0.1, -0.05) is 6.92 Å². The average Bonchev–Trinajstić information content (AvgIpc) is 2.44. The maximum absolute atomic E-state index is 12.1. The Morgan fingerprint density at radius 3 is 2.95 bits per heavy atom. The van der Waals surface area contributed by atoms with Gasteiger partial charge in [0, 0.05) is 33.9 Å². The Hall–Kier alpha value is -1.69. The second kappa shape index (κ2) is 8.42. The SMILES string of the molecule is CCCNc1cncc(C(=O)N(C)CCCOC)n1. The van der Waals surface area contributed by atoms with E-state index in [0.717, 1.165) is 19.4 Å². The van der Waals surface area contributed by atoms with Gasteiger partial charge in [-0.25, -0.2) is 4.98 Å². The standard InChI is InChI=1S/C13H22N4O2/c1-4-6-15-12-10-14-9-11(16-12)13(18)17(2)7-5-8-19-3/h9-10H,4-8H2,1-3H3,(H,15,16). The molecule has 6 nitrogen and oxygen atoms in total. The van der Waals surface area contributed by atoms with Crippen LogP contribution in [0.3, 0.4) is 0 Å². The molecule has 106 valence electrons. The molecule has 0 fully saturated rings. The molecular weight excluding hydrogens is 244 g/mol. The number of hydrogen-bond donors (Lipinski definition) is 1. The van der Waals surface area contributed by atoms with Crippen molar-refractivity contribution in [2.75, 3.05) is 39.2 Å². The van der Waals surface area contributed by atoms with Gasteiger partial charge in [-0.15, -0.1) is 0 Å². The molecule has 1 amide bonds. The molecule has 0 bridgehead atoms. The molecule has 0 aliphatic carbocycles. The molecule has 1 heterocycles. The van der Waals surface area contributed by atoms with E-state index in [-0.39, 0.29) is 5.91 Å². The summed E-state index contributed by atoms with van der Waals surface area (Å²) in [5.41, 5.74) is 0.362. The fraction of sp³-hybridized carbons (Fsp3) is 0.615. The second-order valence-electron chi connectivity index (χ2n) is 4.29. The summed E-state index contributed by atoms with van der Waals surface area (Å²) in [4.78, 5) is 22.1. The van der Waals surface area contributed by atoms with Gasteiger partial charge in [0.1, 0.15) is 11.5 Å². The van der Waals surface area contributed by atoms with E-state index in [4.69, 9.17) is 4.74 Å². The van der Waals surface area contributed by atoms with Crippen LogP contribution in [0.4, 0.5) is 5.82 Å². The first kappa shape index (κ1) is 15.4. The molecule has 6 heteroatoms. The summed E-state index contributed by atoms with van der Waals surface area (Å²) in [5, 5.41) is 3.12. The minimum atomic E-state index is -0.122. The summed E-state index contributed by atoms with van der Waals surface area (Å²) in [5.74, 6) is 0.516. The van der Waals surface area contributed by atoms with Crippen molar-refractivity contribution in [3.8, 4) is 0 Å². The number of aromatic nitrogens is 2. The van der Waals surface area contributed by atoms with Crippen LogP contribution in [0.25, 0.3) is 0 Å². The Labute approximate surface area is 114 Å². The summed E-state index contributed by atoms with van der Waals surface area (Å²) in [6.45, 7) is 4.16. The molecule has 1 N–H and O–H groups in total. The number of ether oxygens (including phenoxy) is 1. The van der Waals surface area contributed by atoms with Crippen molar-refractivity contribution in [3.63, 3.8) is 0 Å². The van der Waals surface area contributed by atoms with E-state index >= 15 is 0 Å². The highest BCUT2D eigenvalue weighted by molar-refractivity contribution is 5.92. The smallest absolute Gasteiger partial charge is 0.273 e. The number of nitrogens with one attached hydrogen (secondary N) is 1. The molecule has 0 atom stereocenters. The van der Waals surface area contributed by atoms with Gasteiger partial charge in [0.15, 0.2) is 0 Å². The molecule has 1 rings (SSSR count). The largest absolute Gasteiger partial charge is 0.385 e. The van der Waals surface area contributed by atoms with Gasteiger partial charge in [0.2, 0.25) is 0 Å². The fourth-order valence-corrected chi connectivity index (χ4v) is 1.55. The molecule has 0 saturated carbocycles. The lowest BCUT2D eigenvalue weighted by Crippen LogP contribution is -2.29. The zero-order valence-corrected chi connectivity index (χ0v) is 11.8. The van der Waals surface area contributed by atoms with Crippen LogP contribution in [0.15, 0.2) is 12.4 Å². The monoisotopic (exact) mass is 266 g/mol. The van der Waals surface area contributed by atoms with Gasteiger partial charge in [-0.2, -0.15) is 0 Å². The number of carbonyl (C=O) groups excluding carboxylic acids is 1. The molecule has 19 heavy (non-hydrogen) atoms. The van der Waals surface area contributed by atoms with Crippen LogP contribution in [0.5, 0.6) is 0 Å². The average molecular weight is 266 g/mol. The van der Waals surface area contributed by atoms with E-state index in [1.165, 1.54) is 6.20 Å². The number of hydrogen-bond acceptors (Lipinski definition) is 5. The lowest BCUT2D eigenvalue weighted by Gasteiger charge is -2.16. The Kier molecular flexibility index (Phi) is 6.81. The first-order chi connectivity index (χ1) is 9.19. The van der Waals surface area contributed by atoms with Crippen molar-refractivity contribution in [2.24, 2.45) is 0 Å². The van der Waals surface area contributed by atoms with Crippen molar-refractivity contribution in [2.45, 2.75) is 19.8 Å². The van der Waals surface area contributed by atoms with E-state index in [9.17, 15) is 4.79 Å². The van der Waals surface area contributed by atoms with Gasteiger partial charge >= 0.3 is 0 Å². The van der Waals surface area contributed by atoms with Crippen LogP contribution in [0.1, 0.15) is 30.3 Å². The molecule has 0 saturated heterocycles. The summed E-state index contributed by atoms with van der Waals surface area (Å²) in [6.07, 6.45) is 4.92. The predicted molar refractivity (Wildman–Crippen MR) is 74.3 cm³/mol. The van der Waals surface area contributed by atoms with E-state index in [2.05, 4.69) is 22.2 Å². The van der Waals surface area contributed by atoms with Crippen LogP contribution in [-0.2, 0) is 4.74 Å². The van der Waals surface area contributed by atoms with Crippen molar-refractivity contribution in [1.82, 2.24) is 14.9 Å². The highest BCUT2D eigenvalue weighted by Crippen LogP contribution is 2.05. The maximum Gasteiger partial charge on any atom is 0.273 e. The molecule has 0 unspecified atom stereocenters. The highest BCUT2D eigenvalue weighted by Gasteiger charge is 2.13. The summed E-state index contributed by atoms with van der Waals surface area (Å²) in [7, 11) is 3.40. The Balaban J connectivity index is 2.60. The van der Waals surface area contributed by atoms with Crippen molar-refractivity contribution < 1.29 is 9.53 Å². The molecule has 0 aliphatic heterocycles. The number of nitrogens with zero attached hydrogens (tertiary/aromatic N) is 3. The molecule has 0 spiro atoms. The number of rotatable bonds is 8. The van der Waals surface area contributed by atoms with E-state index in [0.29, 0.717) is 24.7 Å². The van der Waals surface area contributed by atoms with E-state index in [1.807, 2.05) is 0 Å². The molecular formula is C13H22N4O2. The third-order valence-electron chi connectivity index (χ3n) is 2.60. The minimum absolute atomic E-state index is 0.122. The van der Waals surface area contributed by atoms with Gasteiger partial charge in [0.05, 0.1) is 12.4 Å². The predicted octanol–water partition coefficient (Wildman–Crippen LogP) is 1.41. The Morgan fingerprint density at radius 2 is 2.26 bits per heavy atom. The maximum atomic E-state index is 12.1. The molecule has 0 radical (unpaired) electrons. The Morgan fingerprint density at radius 1 is 1.47 bits per heavy atom. The first-order valence-electron chi connectivity index (χ1n) is 6.49. The summed E-state index contributed by atoms with van der Waals surface area (Å²) < 4.78 is 4.97. The first-order valence-corrected chi connectivity index (χ1v) is 6.49. The van der Waals surface area contributed by atoms with Gasteiger partial charge in [-0.05, 0) is 12.8 Å². The lowest BCUT2D eigenvalue weighted by molar-refractivity contribution is 0.0773. The quantitative estimate of drug-likeness (QED) is 0.720. The lowest BCUT2D eigenvalue weighted by atomic mass is 10.3. The normalized spacial score (nSPS) is 10.3. The topological polar surface area (TPSA) is 67.4 Å². The molecule has 1 aromatic rings. The number of carbonyl (C=O) groups is 1. The minimum Gasteiger partial charge on any atom is -0.385 e. The number of methoxy groups -OCH3 is 1.